The fourth-order valence-corrected chi connectivity index (χ4v) is 1.93. The molecule has 5 nitrogen and oxygen atoms in total. The van der Waals surface area contributed by atoms with Crippen molar-refractivity contribution < 1.29 is 14.7 Å². The molecular formula is C12H22N2O3. The van der Waals surface area contributed by atoms with Crippen LogP contribution in [-0.4, -0.2) is 41.6 Å². The third kappa shape index (κ3) is 3.91. The lowest BCUT2D eigenvalue weighted by Crippen LogP contribution is -2.39. The van der Waals surface area contributed by atoms with Gasteiger partial charge in [-0.2, -0.15) is 0 Å². The number of nitrogens with one attached hydrogen (secondary N) is 1. The Morgan fingerprint density at radius 3 is 2.35 bits per heavy atom. The number of amides is 2. The zero-order valence-electron chi connectivity index (χ0n) is 10.8. The van der Waals surface area contributed by atoms with Crippen molar-refractivity contribution in [3.8, 4) is 0 Å². The Morgan fingerprint density at radius 1 is 1.35 bits per heavy atom. The van der Waals surface area contributed by atoms with Gasteiger partial charge in [0.15, 0.2) is 0 Å². The molecule has 5 heteroatoms. The lowest BCUT2D eigenvalue weighted by molar-refractivity contribution is -0.141. The first-order valence-electron chi connectivity index (χ1n) is 6.17. The van der Waals surface area contributed by atoms with Gasteiger partial charge in [-0.1, -0.05) is 20.8 Å². The molecule has 1 aliphatic heterocycles. The number of carboxylic acids is 1. The van der Waals surface area contributed by atoms with Gasteiger partial charge in [-0.25, -0.2) is 4.79 Å². The van der Waals surface area contributed by atoms with Crippen LogP contribution < -0.4 is 5.32 Å². The van der Waals surface area contributed by atoms with Crippen molar-refractivity contribution in [1.29, 1.82) is 0 Å². The summed E-state index contributed by atoms with van der Waals surface area (Å²) in [6, 6.07) is -0.0706. The monoisotopic (exact) mass is 242 g/mol. The quantitative estimate of drug-likeness (QED) is 0.782. The molecule has 1 fully saturated rings. The molecule has 3 unspecified atom stereocenters. The van der Waals surface area contributed by atoms with Crippen LogP contribution in [-0.2, 0) is 4.79 Å². The molecule has 0 spiro atoms. The molecule has 1 heterocycles. The van der Waals surface area contributed by atoms with Gasteiger partial charge in [0.1, 0.15) is 0 Å². The van der Waals surface area contributed by atoms with Gasteiger partial charge in [0.25, 0.3) is 0 Å². The number of rotatable bonds is 4. The van der Waals surface area contributed by atoms with E-state index in [9.17, 15) is 9.59 Å². The average Bonchev–Trinajstić information content (AvgIpc) is 2.59. The number of hydrogen-bond donors (Lipinski definition) is 2. The second-order valence-electron chi connectivity index (χ2n) is 5.12. The molecule has 0 aromatic carbocycles. The van der Waals surface area contributed by atoms with Crippen LogP contribution in [0.5, 0.6) is 0 Å². The van der Waals surface area contributed by atoms with E-state index in [0.29, 0.717) is 24.8 Å². The van der Waals surface area contributed by atoms with E-state index in [2.05, 4.69) is 19.2 Å². The highest BCUT2D eigenvalue weighted by molar-refractivity contribution is 5.74. The van der Waals surface area contributed by atoms with Crippen molar-refractivity contribution in [3.05, 3.63) is 0 Å². The molecule has 3 atom stereocenters. The maximum Gasteiger partial charge on any atom is 0.317 e. The van der Waals surface area contributed by atoms with Gasteiger partial charge in [0.2, 0.25) is 0 Å². The summed E-state index contributed by atoms with van der Waals surface area (Å²) >= 11 is 0. The number of carbonyl (C=O) groups excluding carboxylic acids is 1. The van der Waals surface area contributed by atoms with E-state index >= 15 is 0 Å². The van der Waals surface area contributed by atoms with E-state index < -0.39 is 11.9 Å². The number of nitrogens with zero attached hydrogens (tertiary/aromatic N) is 1. The summed E-state index contributed by atoms with van der Waals surface area (Å²) in [5.74, 6) is -0.147. The summed E-state index contributed by atoms with van der Waals surface area (Å²) < 4.78 is 0. The van der Waals surface area contributed by atoms with Gasteiger partial charge in [0.05, 0.1) is 5.92 Å². The van der Waals surface area contributed by atoms with E-state index in [-0.39, 0.29) is 6.03 Å². The van der Waals surface area contributed by atoms with Gasteiger partial charge in [-0.05, 0) is 18.3 Å². The van der Waals surface area contributed by atoms with Gasteiger partial charge >= 0.3 is 12.0 Å². The minimum absolute atomic E-state index is 0.0706. The van der Waals surface area contributed by atoms with Crippen molar-refractivity contribution in [2.75, 3.05) is 19.6 Å². The Hall–Kier alpha value is -1.26. The summed E-state index contributed by atoms with van der Waals surface area (Å²) in [6.45, 7) is 7.94. The molecule has 0 aromatic rings. The topological polar surface area (TPSA) is 69.6 Å². The van der Waals surface area contributed by atoms with E-state index in [1.54, 1.807) is 11.8 Å². The number of carbonyl (C=O) groups is 2. The normalized spacial score (nSPS) is 25.7. The fraction of sp³-hybridized carbons (Fsp3) is 0.833. The van der Waals surface area contributed by atoms with E-state index in [4.69, 9.17) is 5.11 Å². The van der Waals surface area contributed by atoms with Crippen molar-refractivity contribution in [2.45, 2.75) is 27.2 Å². The zero-order valence-corrected chi connectivity index (χ0v) is 10.8. The van der Waals surface area contributed by atoms with Gasteiger partial charge < -0.3 is 15.3 Å². The van der Waals surface area contributed by atoms with Gasteiger partial charge in [0, 0.05) is 19.6 Å². The summed E-state index contributed by atoms with van der Waals surface area (Å²) in [5, 5.41) is 11.5. The van der Waals surface area contributed by atoms with Crippen LogP contribution in [0.25, 0.3) is 0 Å². The van der Waals surface area contributed by atoms with Crippen LogP contribution >= 0.6 is 0 Å². The molecule has 2 N–H and O–H groups in total. The molecule has 0 saturated carbocycles. The molecule has 0 radical (unpaired) electrons. The Morgan fingerprint density at radius 2 is 1.88 bits per heavy atom. The predicted octanol–water partition coefficient (Wildman–Crippen LogP) is 1.39. The molecule has 17 heavy (non-hydrogen) atoms. The SMILES string of the molecule is CC(CCNC(=O)N1CC(C)C(C)C1)C(=O)O. The number of carboxylic acid groups (broad SMARTS) is 1. The van der Waals surface area contributed by atoms with Crippen LogP contribution in [0.4, 0.5) is 4.79 Å². The molecule has 0 aromatic heterocycles. The molecular weight excluding hydrogens is 220 g/mol. The first-order chi connectivity index (χ1) is 7.91. The summed E-state index contributed by atoms with van der Waals surface area (Å²) in [6.07, 6.45) is 0.472. The lowest BCUT2D eigenvalue weighted by atomic mass is 10.0. The Labute approximate surface area is 102 Å². The highest BCUT2D eigenvalue weighted by Crippen LogP contribution is 2.21. The second kappa shape index (κ2) is 5.89. The molecule has 1 rings (SSSR count). The minimum atomic E-state index is -0.817. The summed E-state index contributed by atoms with van der Waals surface area (Å²) in [5.41, 5.74) is 0. The van der Waals surface area contributed by atoms with Crippen LogP contribution in [0, 0.1) is 17.8 Å². The second-order valence-corrected chi connectivity index (χ2v) is 5.12. The first kappa shape index (κ1) is 13.8. The molecule has 0 aliphatic carbocycles. The molecule has 1 saturated heterocycles. The molecule has 0 bridgehead atoms. The Bertz CT molecular complexity index is 283. The fourth-order valence-electron chi connectivity index (χ4n) is 1.93. The molecule has 2 amide bonds. The largest absolute Gasteiger partial charge is 0.481 e. The van der Waals surface area contributed by atoms with Crippen LogP contribution in [0.2, 0.25) is 0 Å². The zero-order chi connectivity index (χ0) is 13.0. The maximum atomic E-state index is 11.8. The van der Waals surface area contributed by atoms with Crippen LogP contribution in [0.1, 0.15) is 27.2 Å². The number of aliphatic carboxylic acids is 1. The van der Waals surface area contributed by atoms with Gasteiger partial charge in [-0.15, -0.1) is 0 Å². The third-order valence-electron chi connectivity index (χ3n) is 3.55. The van der Waals surface area contributed by atoms with Crippen molar-refractivity contribution in [1.82, 2.24) is 10.2 Å². The Balaban J connectivity index is 2.24. The highest BCUT2D eigenvalue weighted by atomic mass is 16.4. The van der Waals surface area contributed by atoms with Crippen LogP contribution in [0.15, 0.2) is 0 Å². The van der Waals surface area contributed by atoms with Crippen LogP contribution in [0.3, 0.4) is 0 Å². The summed E-state index contributed by atoms with van der Waals surface area (Å²) in [7, 11) is 0. The number of likely N-dealkylation sites (tertiary alicyclic amines) is 1. The standard InChI is InChI=1S/C12H22N2O3/c1-8(11(15)16)4-5-13-12(17)14-6-9(2)10(3)7-14/h8-10H,4-7H2,1-3H3,(H,13,17)(H,15,16). The predicted molar refractivity (Wildman–Crippen MR) is 64.7 cm³/mol. The summed E-state index contributed by atoms with van der Waals surface area (Å²) in [4.78, 5) is 24.2. The average molecular weight is 242 g/mol. The highest BCUT2D eigenvalue weighted by Gasteiger charge is 2.29. The smallest absolute Gasteiger partial charge is 0.317 e. The van der Waals surface area contributed by atoms with E-state index in [1.807, 2.05) is 0 Å². The van der Waals surface area contributed by atoms with Gasteiger partial charge in [-0.3, -0.25) is 4.79 Å². The number of urea groups is 1. The Kier molecular flexibility index (Phi) is 4.78. The lowest BCUT2D eigenvalue weighted by Gasteiger charge is -2.17. The molecule has 1 aliphatic rings. The van der Waals surface area contributed by atoms with Crippen molar-refractivity contribution in [3.63, 3.8) is 0 Å². The number of hydrogen-bond acceptors (Lipinski definition) is 2. The van der Waals surface area contributed by atoms with E-state index in [0.717, 1.165) is 13.1 Å². The third-order valence-corrected chi connectivity index (χ3v) is 3.55. The van der Waals surface area contributed by atoms with Crippen molar-refractivity contribution in [2.24, 2.45) is 17.8 Å². The minimum Gasteiger partial charge on any atom is -0.481 e. The van der Waals surface area contributed by atoms with Crippen molar-refractivity contribution >= 4 is 12.0 Å². The van der Waals surface area contributed by atoms with E-state index in [1.165, 1.54) is 0 Å². The molecule has 98 valence electrons. The maximum absolute atomic E-state index is 11.8. The first-order valence-corrected chi connectivity index (χ1v) is 6.17.